The summed E-state index contributed by atoms with van der Waals surface area (Å²) in [7, 11) is -3.61. The average Bonchev–Trinajstić information content (AvgIpc) is 2.53. The van der Waals surface area contributed by atoms with Crippen molar-refractivity contribution in [3.63, 3.8) is 0 Å². The van der Waals surface area contributed by atoms with Crippen molar-refractivity contribution >= 4 is 16.0 Å². The van der Waals surface area contributed by atoms with Crippen molar-refractivity contribution in [3.8, 4) is 0 Å². The third-order valence-corrected chi connectivity index (χ3v) is 5.91. The summed E-state index contributed by atoms with van der Waals surface area (Å²) in [6.45, 7) is 0.425. The summed E-state index contributed by atoms with van der Waals surface area (Å²) in [6, 6.07) is 16.0. The van der Waals surface area contributed by atoms with E-state index in [-0.39, 0.29) is 30.3 Å². The second kappa shape index (κ2) is 6.14. The summed E-state index contributed by atoms with van der Waals surface area (Å²) in [4.78, 5) is 11.4. The smallest absolute Gasteiger partial charge is 0.304 e. The zero-order chi connectivity index (χ0) is 16.4. The summed E-state index contributed by atoms with van der Waals surface area (Å²) >= 11 is 0. The van der Waals surface area contributed by atoms with Gasteiger partial charge in [-0.1, -0.05) is 48.5 Å². The molecule has 1 atom stereocenters. The third kappa shape index (κ3) is 3.13. The van der Waals surface area contributed by atoms with E-state index < -0.39 is 16.0 Å². The van der Waals surface area contributed by atoms with Gasteiger partial charge >= 0.3 is 5.97 Å². The number of carbonyl (C=O) groups is 1. The molecule has 0 bridgehead atoms. The van der Waals surface area contributed by atoms with Crippen LogP contribution in [0, 0.1) is 0 Å². The number of fused-ring (bicyclic) bond motifs is 1. The number of aliphatic carboxylic acids is 1. The van der Waals surface area contributed by atoms with E-state index in [1.807, 2.05) is 30.3 Å². The minimum absolute atomic E-state index is 0.0855. The minimum Gasteiger partial charge on any atom is -0.481 e. The molecule has 3 rings (SSSR count). The third-order valence-electron chi connectivity index (χ3n) is 4.02. The molecule has 0 amide bonds. The normalized spacial score (nSPS) is 19.9. The monoisotopic (exact) mass is 331 g/mol. The fraction of sp³-hybridized carbons (Fsp3) is 0.235. The first-order valence-electron chi connectivity index (χ1n) is 7.33. The highest BCUT2D eigenvalue weighted by Gasteiger charge is 2.37. The lowest BCUT2D eigenvalue weighted by molar-refractivity contribution is -0.137. The zero-order valence-electron chi connectivity index (χ0n) is 12.4. The van der Waals surface area contributed by atoms with E-state index in [1.165, 1.54) is 4.31 Å². The predicted molar refractivity (Wildman–Crippen MR) is 85.5 cm³/mol. The number of sulfonamides is 1. The average molecular weight is 331 g/mol. The summed E-state index contributed by atoms with van der Waals surface area (Å²) < 4.78 is 27.0. The second-order valence-corrected chi connectivity index (χ2v) is 7.52. The van der Waals surface area contributed by atoms with Crippen molar-refractivity contribution in [2.24, 2.45) is 0 Å². The molecule has 120 valence electrons. The van der Waals surface area contributed by atoms with Gasteiger partial charge in [0.15, 0.2) is 0 Å². The van der Waals surface area contributed by atoms with Gasteiger partial charge in [0.1, 0.15) is 0 Å². The second-order valence-electron chi connectivity index (χ2n) is 5.62. The van der Waals surface area contributed by atoms with Gasteiger partial charge in [-0.2, -0.15) is 4.31 Å². The molecule has 1 N–H and O–H groups in total. The van der Waals surface area contributed by atoms with Gasteiger partial charge in [-0.05, 0) is 17.2 Å². The highest BCUT2D eigenvalue weighted by molar-refractivity contribution is 7.89. The molecule has 0 radical (unpaired) electrons. The maximum Gasteiger partial charge on any atom is 0.304 e. The number of hydrogen-bond donors (Lipinski definition) is 1. The fourth-order valence-electron chi connectivity index (χ4n) is 2.96. The van der Waals surface area contributed by atoms with Crippen LogP contribution in [0.5, 0.6) is 0 Å². The summed E-state index contributed by atoms with van der Waals surface area (Å²) in [5, 5.41) is 9.13. The first kappa shape index (κ1) is 15.7. The van der Waals surface area contributed by atoms with Crippen LogP contribution in [0.25, 0.3) is 0 Å². The zero-order valence-corrected chi connectivity index (χ0v) is 13.2. The topological polar surface area (TPSA) is 74.7 Å². The Morgan fingerprint density at radius 3 is 2.43 bits per heavy atom. The van der Waals surface area contributed by atoms with Crippen LogP contribution in [0.2, 0.25) is 0 Å². The minimum atomic E-state index is -3.61. The van der Waals surface area contributed by atoms with Crippen molar-refractivity contribution in [3.05, 3.63) is 65.7 Å². The molecule has 0 fully saturated rings. The van der Waals surface area contributed by atoms with Gasteiger partial charge < -0.3 is 5.11 Å². The Kier molecular flexibility index (Phi) is 4.19. The van der Waals surface area contributed by atoms with Crippen LogP contribution >= 0.6 is 0 Å². The largest absolute Gasteiger partial charge is 0.481 e. The Hall–Kier alpha value is -2.18. The van der Waals surface area contributed by atoms with Crippen molar-refractivity contribution in [1.29, 1.82) is 0 Å². The highest BCUT2D eigenvalue weighted by Crippen LogP contribution is 2.36. The van der Waals surface area contributed by atoms with Crippen LogP contribution in [0.1, 0.15) is 23.5 Å². The standard InChI is InChI=1S/C17H17NO4S/c19-17(20)10-14-12-18(11-13-6-2-1-3-7-13)23(21,22)16-9-5-4-8-15(14)16/h1-9,14H,10-12H2,(H,19,20). The number of rotatable bonds is 4. The van der Waals surface area contributed by atoms with Crippen LogP contribution < -0.4 is 0 Å². The molecule has 23 heavy (non-hydrogen) atoms. The lowest BCUT2D eigenvalue weighted by Gasteiger charge is -2.33. The van der Waals surface area contributed by atoms with Crippen LogP contribution in [-0.4, -0.2) is 30.3 Å². The quantitative estimate of drug-likeness (QED) is 0.934. The molecule has 6 heteroatoms. The predicted octanol–water partition coefficient (Wildman–Crippen LogP) is 2.45. The SMILES string of the molecule is O=C(O)CC1CN(Cc2ccccc2)S(=O)(=O)c2ccccc21. The molecule has 0 aromatic heterocycles. The molecule has 0 saturated carbocycles. The van der Waals surface area contributed by atoms with Gasteiger partial charge in [-0.25, -0.2) is 8.42 Å². The maximum absolute atomic E-state index is 12.8. The first-order chi connectivity index (χ1) is 11.0. The van der Waals surface area contributed by atoms with Gasteiger partial charge in [0.05, 0.1) is 11.3 Å². The van der Waals surface area contributed by atoms with Gasteiger partial charge in [-0.15, -0.1) is 0 Å². The molecule has 1 aliphatic rings. The Bertz CT molecular complexity index is 817. The number of nitrogens with zero attached hydrogens (tertiary/aromatic N) is 1. The Morgan fingerprint density at radius 1 is 1.09 bits per heavy atom. The number of hydrogen-bond acceptors (Lipinski definition) is 3. The number of carboxylic acids is 1. The maximum atomic E-state index is 12.8. The Morgan fingerprint density at radius 2 is 1.74 bits per heavy atom. The summed E-state index contributed by atoms with van der Waals surface area (Å²) in [6.07, 6.45) is -0.0855. The van der Waals surface area contributed by atoms with E-state index in [1.54, 1.807) is 24.3 Å². The van der Waals surface area contributed by atoms with Crippen LogP contribution in [-0.2, 0) is 21.4 Å². The summed E-state index contributed by atoms with van der Waals surface area (Å²) in [5.74, 6) is -1.26. The van der Waals surface area contributed by atoms with Crippen LogP contribution in [0.15, 0.2) is 59.5 Å². The molecule has 0 saturated heterocycles. The van der Waals surface area contributed by atoms with Crippen LogP contribution in [0.3, 0.4) is 0 Å². The van der Waals surface area contributed by atoms with E-state index in [2.05, 4.69) is 0 Å². The number of benzene rings is 2. The van der Waals surface area contributed by atoms with Gasteiger partial charge in [-0.3, -0.25) is 4.79 Å². The molecule has 1 aliphatic heterocycles. The van der Waals surface area contributed by atoms with Crippen LogP contribution in [0.4, 0.5) is 0 Å². The van der Waals surface area contributed by atoms with Crippen molar-refractivity contribution in [2.45, 2.75) is 23.8 Å². The van der Waals surface area contributed by atoms with E-state index in [0.29, 0.717) is 5.56 Å². The van der Waals surface area contributed by atoms with E-state index in [9.17, 15) is 13.2 Å². The van der Waals surface area contributed by atoms with Gasteiger partial charge in [0.2, 0.25) is 10.0 Å². The molecular formula is C17H17NO4S. The molecule has 1 unspecified atom stereocenters. The van der Waals surface area contributed by atoms with E-state index in [0.717, 1.165) is 5.56 Å². The van der Waals surface area contributed by atoms with E-state index >= 15 is 0 Å². The molecule has 0 spiro atoms. The number of carboxylic acid groups (broad SMARTS) is 1. The molecular weight excluding hydrogens is 314 g/mol. The van der Waals surface area contributed by atoms with Gasteiger partial charge in [0.25, 0.3) is 0 Å². The lowest BCUT2D eigenvalue weighted by Crippen LogP contribution is -2.39. The molecule has 2 aromatic rings. The Labute approximate surface area is 135 Å². The molecule has 5 nitrogen and oxygen atoms in total. The molecule has 2 aromatic carbocycles. The highest BCUT2D eigenvalue weighted by atomic mass is 32.2. The molecule has 0 aliphatic carbocycles. The summed E-state index contributed by atoms with van der Waals surface area (Å²) in [5.41, 5.74) is 1.48. The van der Waals surface area contributed by atoms with Crippen molar-refractivity contribution < 1.29 is 18.3 Å². The fourth-order valence-corrected chi connectivity index (χ4v) is 4.71. The Balaban J connectivity index is 2.00. The van der Waals surface area contributed by atoms with Gasteiger partial charge in [0, 0.05) is 19.0 Å². The lowest BCUT2D eigenvalue weighted by atomic mass is 9.95. The van der Waals surface area contributed by atoms with Crippen molar-refractivity contribution in [2.75, 3.05) is 6.54 Å². The van der Waals surface area contributed by atoms with Crippen molar-refractivity contribution in [1.82, 2.24) is 4.31 Å². The van der Waals surface area contributed by atoms with E-state index in [4.69, 9.17) is 5.11 Å². The molecule has 1 heterocycles. The first-order valence-corrected chi connectivity index (χ1v) is 8.77.